The average Bonchev–Trinajstić information content (AvgIpc) is 3.42. The second-order valence-electron chi connectivity index (χ2n) is 7.51. The van der Waals surface area contributed by atoms with Crippen molar-refractivity contribution < 1.29 is 9.59 Å². The molecule has 1 aromatic carbocycles. The molecule has 0 radical (unpaired) electrons. The molecule has 1 N–H and O–H groups in total. The number of anilines is 1. The number of hydrogen-bond acceptors (Lipinski definition) is 5. The molecule has 8 heteroatoms. The van der Waals surface area contributed by atoms with Crippen LogP contribution in [0, 0.1) is 5.92 Å². The van der Waals surface area contributed by atoms with Crippen LogP contribution in [0.25, 0.3) is 0 Å². The summed E-state index contributed by atoms with van der Waals surface area (Å²) in [6.45, 7) is 0.764. The molecule has 2 aliphatic rings. The van der Waals surface area contributed by atoms with Crippen molar-refractivity contribution in [3.05, 3.63) is 39.3 Å². The minimum absolute atomic E-state index is 0.0564. The molecule has 2 aromatic rings. The molecule has 6 nitrogen and oxygen atoms in total. The summed E-state index contributed by atoms with van der Waals surface area (Å²) in [4.78, 5) is 27.2. The summed E-state index contributed by atoms with van der Waals surface area (Å²) in [6.07, 6.45) is 7.28. The second kappa shape index (κ2) is 8.57. The van der Waals surface area contributed by atoms with Gasteiger partial charge in [-0.15, -0.1) is 10.2 Å². The van der Waals surface area contributed by atoms with Gasteiger partial charge in [0.15, 0.2) is 0 Å². The number of rotatable bonds is 5. The van der Waals surface area contributed by atoms with Crippen molar-refractivity contribution in [3.63, 3.8) is 0 Å². The topological polar surface area (TPSA) is 75.2 Å². The molecule has 148 valence electrons. The van der Waals surface area contributed by atoms with Gasteiger partial charge < -0.3 is 10.2 Å². The number of amides is 2. The van der Waals surface area contributed by atoms with E-state index in [4.69, 9.17) is 11.6 Å². The van der Waals surface area contributed by atoms with Crippen molar-refractivity contribution >= 4 is 40.4 Å². The Kier molecular flexibility index (Phi) is 5.92. The zero-order valence-electron chi connectivity index (χ0n) is 15.6. The third kappa shape index (κ3) is 4.36. The van der Waals surface area contributed by atoms with Crippen LogP contribution in [0.1, 0.15) is 65.8 Å². The number of nitrogens with zero attached hydrogens (tertiary/aromatic N) is 3. The standard InChI is InChI=1S/C20H23ClN4O2S/c21-14-7-3-8-15(12-14)22-18(27)20-24-23-19(28-20)16-9-4-10-25(16)17(26)11-13-5-1-2-6-13/h3,7-8,12-13,16H,1-2,4-6,9-11H2,(H,22,27)/t16-/m0/s1. The SMILES string of the molecule is O=C(Nc1cccc(Cl)c1)c1nnc([C@@H]2CCCN2C(=O)CC2CCCC2)s1. The number of carbonyl (C=O) groups excluding carboxylic acids is 2. The average molecular weight is 419 g/mol. The minimum Gasteiger partial charge on any atom is -0.333 e. The second-order valence-corrected chi connectivity index (χ2v) is 8.96. The molecular weight excluding hydrogens is 396 g/mol. The van der Waals surface area contributed by atoms with E-state index in [2.05, 4.69) is 15.5 Å². The molecule has 4 rings (SSSR count). The van der Waals surface area contributed by atoms with E-state index in [1.807, 2.05) is 4.90 Å². The maximum Gasteiger partial charge on any atom is 0.286 e. The lowest BCUT2D eigenvalue weighted by atomic mass is 10.0. The molecule has 1 aliphatic carbocycles. The lowest BCUT2D eigenvalue weighted by molar-refractivity contribution is -0.133. The highest BCUT2D eigenvalue weighted by Crippen LogP contribution is 2.36. The van der Waals surface area contributed by atoms with Gasteiger partial charge in [0.2, 0.25) is 10.9 Å². The summed E-state index contributed by atoms with van der Waals surface area (Å²) < 4.78 is 0. The van der Waals surface area contributed by atoms with Gasteiger partial charge in [-0.3, -0.25) is 9.59 Å². The van der Waals surface area contributed by atoms with Gasteiger partial charge in [-0.25, -0.2) is 0 Å². The predicted molar refractivity (Wildman–Crippen MR) is 110 cm³/mol. The van der Waals surface area contributed by atoms with Crippen LogP contribution in [0.4, 0.5) is 5.69 Å². The Labute approximate surface area is 173 Å². The Morgan fingerprint density at radius 3 is 2.79 bits per heavy atom. The minimum atomic E-state index is -0.312. The van der Waals surface area contributed by atoms with E-state index >= 15 is 0 Å². The van der Waals surface area contributed by atoms with Gasteiger partial charge in [0.05, 0.1) is 6.04 Å². The highest BCUT2D eigenvalue weighted by Gasteiger charge is 2.34. The van der Waals surface area contributed by atoms with Gasteiger partial charge in [0, 0.05) is 23.7 Å². The molecule has 0 bridgehead atoms. The summed E-state index contributed by atoms with van der Waals surface area (Å²) in [5.41, 5.74) is 0.614. The van der Waals surface area contributed by atoms with Crippen LogP contribution in [-0.4, -0.2) is 33.5 Å². The first-order valence-electron chi connectivity index (χ1n) is 9.80. The van der Waals surface area contributed by atoms with Crippen LogP contribution in [0.15, 0.2) is 24.3 Å². The summed E-state index contributed by atoms with van der Waals surface area (Å²) in [5, 5.41) is 12.7. The number of carbonyl (C=O) groups is 2. The number of hydrogen-bond donors (Lipinski definition) is 1. The molecule has 1 aliphatic heterocycles. The number of nitrogens with one attached hydrogen (secondary N) is 1. The lowest BCUT2D eigenvalue weighted by Gasteiger charge is -2.24. The van der Waals surface area contributed by atoms with Crippen LogP contribution in [0.2, 0.25) is 5.02 Å². The van der Waals surface area contributed by atoms with Crippen molar-refractivity contribution in [1.29, 1.82) is 0 Å². The summed E-state index contributed by atoms with van der Waals surface area (Å²) >= 11 is 7.22. The molecule has 1 atom stereocenters. The van der Waals surface area contributed by atoms with Crippen molar-refractivity contribution in [2.45, 2.75) is 51.0 Å². The lowest BCUT2D eigenvalue weighted by Crippen LogP contribution is -2.31. The number of halogens is 1. The molecule has 2 heterocycles. The van der Waals surface area contributed by atoms with E-state index in [0.29, 0.717) is 28.1 Å². The van der Waals surface area contributed by atoms with Gasteiger partial charge in [-0.05, 0) is 49.8 Å². The zero-order valence-corrected chi connectivity index (χ0v) is 17.1. The summed E-state index contributed by atoms with van der Waals surface area (Å²) in [6, 6.07) is 6.92. The Morgan fingerprint density at radius 1 is 1.18 bits per heavy atom. The van der Waals surface area contributed by atoms with Crippen LogP contribution < -0.4 is 5.32 Å². The first-order valence-corrected chi connectivity index (χ1v) is 11.0. The quantitative estimate of drug-likeness (QED) is 0.764. The highest BCUT2D eigenvalue weighted by atomic mass is 35.5. The molecule has 2 amide bonds. The molecule has 0 unspecified atom stereocenters. The van der Waals surface area contributed by atoms with E-state index < -0.39 is 0 Å². The highest BCUT2D eigenvalue weighted by molar-refractivity contribution is 7.13. The van der Waals surface area contributed by atoms with Crippen LogP contribution in [0.5, 0.6) is 0 Å². The smallest absolute Gasteiger partial charge is 0.286 e. The van der Waals surface area contributed by atoms with Crippen molar-refractivity contribution in [1.82, 2.24) is 15.1 Å². The Bertz CT molecular complexity index is 865. The molecule has 2 fully saturated rings. The van der Waals surface area contributed by atoms with E-state index in [9.17, 15) is 9.59 Å². The fourth-order valence-corrected chi connectivity index (χ4v) is 5.19. The van der Waals surface area contributed by atoms with Gasteiger partial charge in [-0.2, -0.15) is 0 Å². The number of aromatic nitrogens is 2. The van der Waals surface area contributed by atoms with Gasteiger partial charge in [0.25, 0.3) is 5.91 Å². The number of benzene rings is 1. The van der Waals surface area contributed by atoms with Gasteiger partial charge >= 0.3 is 0 Å². The van der Waals surface area contributed by atoms with E-state index in [1.165, 1.54) is 24.2 Å². The normalized spacial score (nSPS) is 19.9. The molecule has 0 spiro atoms. The van der Waals surface area contributed by atoms with Crippen LogP contribution in [0.3, 0.4) is 0 Å². The van der Waals surface area contributed by atoms with Gasteiger partial charge in [-0.1, -0.05) is 41.8 Å². The predicted octanol–water partition coefficient (Wildman–Crippen LogP) is 4.69. The Hall–Kier alpha value is -1.99. The number of likely N-dealkylation sites (tertiary alicyclic amines) is 1. The van der Waals surface area contributed by atoms with Crippen molar-refractivity contribution in [2.75, 3.05) is 11.9 Å². The first kappa shape index (κ1) is 19.3. The van der Waals surface area contributed by atoms with Gasteiger partial charge in [0.1, 0.15) is 5.01 Å². The third-order valence-electron chi connectivity index (χ3n) is 5.51. The van der Waals surface area contributed by atoms with Crippen LogP contribution >= 0.6 is 22.9 Å². The molecule has 1 aromatic heterocycles. The van der Waals surface area contributed by atoms with E-state index in [1.54, 1.807) is 24.3 Å². The Balaban J connectivity index is 1.42. The Morgan fingerprint density at radius 2 is 2.00 bits per heavy atom. The molecule has 1 saturated carbocycles. The molecule has 1 saturated heterocycles. The molecule has 28 heavy (non-hydrogen) atoms. The largest absolute Gasteiger partial charge is 0.333 e. The zero-order chi connectivity index (χ0) is 19.5. The maximum absolute atomic E-state index is 12.8. The maximum atomic E-state index is 12.8. The first-order chi connectivity index (χ1) is 13.6. The monoisotopic (exact) mass is 418 g/mol. The summed E-state index contributed by atoms with van der Waals surface area (Å²) in [5.74, 6) is 0.435. The van der Waals surface area contributed by atoms with Crippen molar-refractivity contribution in [3.8, 4) is 0 Å². The molecular formula is C20H23ClN4O2S. The van der Waals surface area contributed by atoms with Crippen LogP contribution in [-0.2, 0) is 4.79 Å². The third-order valence-corrected chi connectivity index (χ3v) is 6.77. The fourth-order valence-electron chi connectivity index (χ4n) is 4.11. The van der Waals surface area contributed by atoms with Crippen molar-refractivity contribution in [2.24, 2.45) is 5.92 Å². The fraction of sp³-hybridized carbons (Fsp3) is 0.500. The van der Waals surface area contributed by atoms with E-state index in [-0.39, 0.29) is 17.9 Å². The van der Waals surface area contributed by atoms with E-state index in [0.717, 1.165) is 37.2 Å². The summed E-state index contributed by atoms with van der Waals surface area (Å²) in [7, 11) is 0.